The molecule has 0 bridgehead atoms. The number of nitrogens with one attached hydrogen (secondary N) is 1. The zero-order valence-corrected chi connectivity index (χ0v) is 12.2. The fourth-order valence-electron chi connectivity index (χ4n) is 1.33. The summed E-state index contributed by atoms with van der Waals surface area (Å²) in [5.74, 6) is 0.0964. The zero-order valence-electron chi connectivity index (χ0n) is 9.14. The van der Waals surface area contributed by atoms with Gasteiger partial charge in [0.15, 0.2) is 0 Å². The van der Waals surface area contributed by atoms with Crippen LogP contribution in [0, 0.1) is 12.7 Å². The number of hydrogen-bond acceptors (Lipinski definition) is 3. The molecule has 1 N–H and O–H groups in total. The standard InChI is InChI=1S/C11H7BrCl2FN3/c1-5-10(14)16-4-17-11(5)18-9-7(12)2-6(15)3-8(9)13/h2-4H,1H3,(H,16,17,18). The summed E-state index contributed by atoms with van der Waals surface area (Å²) < 4.78 is 13.6. The van der Waals surface area contributed by atoms with Gasteiger partial charge in [-0.05, 0) is 35.0 Å². The Hall–Kier alpha value is -0.910. The maximum atomic E-state index is 13.1. The second-order valence-electron chi connectivity index (χ2n) is 3.51. The Morgan fingerprint density at radius 2 is 2.00 bits per heavy atom. The summed E-state index contributed by atoms with van der Waals surface area (Å²) in [7, 11) is 0. The average molecular weight is 351 g/mol. The molecule has 0 aliphatic heterocycles. The largest absolute Gasteiger partial charge is 0.338 e. The van der Waals surface area contributed by atoms with Crippen molar-refractivity contribution in [2.75, 3.05) is 5.32 Å². The van der Waals surface area contributed by atoms with Gasteiger partial charge in [-0.2, -0.15) is 0 Å². The first-order chi connectivity index (χ1) is 8.49. The Balaban J connectivity index is 2.43. The van der Waals surface area contributed by atoms with E-state index in [0.717, 1.165) is 0 Å². The average Bonchev–Trinajstić information content (AvgIpc) is 2.28. The van der Waals surface area contributed by atoms with Gasteiger partial charge in [0, 0.05) is 10.0 Å². The molecule has 7 heteroatoms. The predicted octanol–water partition coefficient (Wildman–Crippen LogP) is 4.74. The number of rotatable bonds is 2. The minimum Gasteiger partial charge on any atom is -0.338 e. The molecule has 0 saturated heterocycles. The Kier molecular flexibility index (Phi) is 4.04. The molecule has 0 radical (unpaired) electrons. The number of anilines is 2. The Morgan fingerprint density at radius 3 is 2.67 bits per heavy atom. The van der Waals surface area contributed by atoms with Gasteiger partial charge in [0.2, 0.25) is 0 Å². The first-order valence-corrected chi connectivity index (χ1v) is 6.42. The topological polar surface area (TPSA) is 37.8 Å². The van der Waals surface area contributed by atoms with Crippen LogP contribution < -0.4 is 5.32 Å². The van der Waals surface area contributed by atoms with Crippen molar-refractivity contribution in [1.29, 1.82) is 0 Å². The molecule has 1 aromatic carbocycles. The van der Waals surface area contributed by atoms with Crippen LogP contribution >= 0.6 is 39.1 Å². The van der Waals surface area contributed by atoms with E-state index in [-0.39, 0.29) is 5.02 Å². The van der Waals surface area contributed by atoms with Crippen LogP contribution in [0.2, 0.25) is 10.2 Å². The van der Waals surface area contributed by atoms with Crippen LogP contribution in [0.25, 0.3) is 0 Å². The molecule has 0 saturated carbocycles. The summed E-state index contributed by atoms with van der Waals surface area (Å²) in [6.45, 7) is 1.77. The van der Waals surface area contributed by atoms with Crippen molar-refractivity contribution in [3.05, 3.63) is 44.5 Å². The minimum atomic E-state index is -0.421. The van der Waals surface area contributed by atoms with E-state index < -0.39 is 5.82 Å². The Morgan fingerprint density at radius 1 is 1.28 bits per heavy atom. The molecule has 0 aliphatic rings. The summed E-state index contributed by atoms with van der Waals surface area (Å²) >= 11 is 15.1. The maximum Gasteiger partial charge on any atom is 0.138 e. The third kappa shape index (κ3) is 2.74. The minimum absolute atomic E-state index is 0.246. The van der Waals surface area contributed by atoms with E-state index in [1.807, 2.05) is 0 Å². The number of benzene rings is 1. The van der Waals surface area contributed by atoms with Crippen molar-refractivity contribution >= 4 is 50.6 Å². The summed E-state index contributed by atoms with van der Waals surface area (Å²) in [6, 6.07) is 2.53. The molecule has 18 heavy (non-hydrogen) atoms. The first-order valence-electron chi connectivity index (χ1n) is 4.87. The predicted molar refractivity (Wildman–Crippen MR) is 74.2 cm³/mol. The van der Waals surface area contributed by atoms with Gasteiger partial charge in [-0.25, -0.2) is 14.4 Å². The molecule has 2 aromatic rings. The van der Waals surface area contributed by atoms with E-state index in [1.165, 1.54) is 18.5 Å². The summed E-state index contributed by atoms with van der Waals surface area (Å²) in [4.78, 5) is 7.91. The quantitative estimate of drug-likeness (QED) is 0.795. The smallest absolute Gasteiger partial charge is 0.138 e. The molecule has 94 valence electrons. The third-order valence-electron chi connectivity index (χ3n) is 2.27. The van der Waals surface area contributed by atoms with Gasteiger partial charge in [0.05, 0.1) is 10.7 Å². The van der Waals surface area contributed by atoms with Gasteiger partial charge < -0.3 is 5.32 Å². The van der Waals surface area contributed by atoms with Crippen molar-refractivity contribution in [2.45, 2.75) is 6.92 Å². The highest BCUT2D eigenvalue weighted by Gasteiger charge is 2.11. The first kappa shape index (κ1) is 13.5. The highest BCUT2D eigenvalue weighted by molar-refractivity contribution is 9.10. The highest BCUT2D eigenvalue weighted by atomic mass is 79.9. The second kappa shape index (κ2) is 5.38. The van der Waals surface area contributed by atoms with E-state index in [0.29, 0.717) is 26.7 Å². The SMILES string of the molecule is Cc1c(Cl)ncnc1Nc1c(Cl)cc(F)cc1Br. The van der Waals surface area contributed by atoms with Gasteiger partial charge >= 0.3 is 0 Å². The van der Waals surface area contributed by atoms with Gasteiger partial charge in [-0.15, -0.1) is 0 Å². The van der Waals surface area contributed by atoms with Crippen molar-refractivity contribution in [3.8, 4) is 0 Å². The van der Waals surface area contributed by atoms with E-state index in [4.69, 9.17) is 23.2 Å². The van der Waals surface area contributed by atoms with E-state index >= 15 is 0 Å². The summed E-state index contributed by atoms with van der Waals surface area (Å²) in [5.41, 5.74) is 1.21. The van der Waals surface area contributed by atoms with E-state index in [1.54, 1.807) is 6.92 Å². The van der Waals surface area contributed by atoms with Gasteiger partial charge in [-0.1, -0.05) is 23.2 Å². The Bertz CT molecular complexity index is 584. The molecular weight excluding hydrogens is 344 g/mol. The third-order valence-corrected chi connectivity index (χ3v) is 3.58. The molecule has 0 fully saturated rings. The van der Waals surface area contributed by atoms with Crippen molar-refractivity contribution < 1.29 is 4.39 Å². The Labute approximate surface area is 121 Å². The number of halogens is 4. The second-order valence-corrected chi connectivity index (χ2v) is 5.13. The molecule has 0 amide bonds. The van der Waals surface area contributed by atoms with E-state index in [2.05, 4.69) is 31.2 Å². The van der Waals surface area contributed by atoms with Gasteiger partial charge in [0.1, 0.15) is 23.1 Å². The van der Waals surface area contributed by atoms with Crippen LogP contribution in [-0.2, 0) is 0 Å². The molecule has 2 rings (SSSR count). The van der Waals surface area contributed by atoms with Crippen molar-refractivity contribution in [3.63, 3.8) is 0 Å². The lowest BCUT2D eigenvalue weighted by molar-refractivity contribution is 0.627. The molecular formula is C11H7BrCl2FN3. The van der Waals surface area contributed by atoms with Crippen LogP contribution in [0.1, 0.15) is 5.56 Å². The lowest BCUT2D eigenvalue weighted by Gasteiger charge is -2.12. The fraction of sp³-hybridized carbons (Fsp3) is 0.0909. The van der Waals surface area contributed by atoms with Crippen molar-refractivity contribution in [2.24, 2.45) is 0 Å². The van der Waals surface area contributed by atoms with Crippen LogP contribution in [0.15, 0.2) is 22.9 Å². The highest BCUT2D eigenvalue weighted by Crippen LogP contribution is 2.34. The molecule has 0 spiro atoms. The lowest BCUT2D eigenvalue weighted by atomic mass is 10.3. The summed E-state index contributed by atoms with van der Waals surface area (Å²) in [5, 5.41) is 3.59. The fourth-order valence-corrected chi connectivity index (χ4v) is 2.37. The van der Waals surface area contributed by atoms with Crippen LogP contribution in [-0.4, -0.2) is 9.97 Å². The van der Waals surface area contributed by atoms with Crippen LogP contribution in [0.4, 0.5) is 15.9 Å². The normalized spacial score (nSPS) is 10.5. The molecule has 0 atom stereocenters. The van der Waals surface area contributed by atoms with Crippen LogP contribution in [0.5, 0.6) is 0 Å². The zero-order chi connectivity index (χ0) is 13.3. The molecule has 0 aliphatic carbocycles. The monoisotopic (exact) mass is 349 g/mol. The molecule has 3 nitrogen and oxygen atoms in total. The molecule has 1 aromatic heterocycles. The number of nitrogens with zero attached hydrogens (tertiary/aromatic N) is 2. The molecule has 1 heterocycles. The maximum absolute atomic E-state index is 13.1. The molecule has 0 unspecified atom stereocenters. The van der Waals surface area contributed by atoms with Gasteiger partial charge in [-0.3, -0.25) is 0 Å². The van der Waals surface area contributed by atoms with Crippen LogP contribution in [0.3, 0.4) is 0 Å². The summed E-state index contributed by atoms with van der Waals surface area (Å²) in [6.07, 6.45) is 1.34. The number of aromatic nitrogens is 2. The van der Waals surface area contributed by atoms with E-state index in [9.17, 15) is 4.39 Å². The number of hydrogen-bond donors (Lipinski definition) is 1. The van der Waals surface area contributed by atoms with Crippen molar-refractivity contribution in [1.82, 2.24) is 9.97 Å². The lowest BCUT2D eigenvalue weighted by Crippen LogP contribution is -2.00. The van der Waals surface area contributed by atoms with Gasteiger partial charge in [0.25, 0.3) is 0 Å².